The van der Waals surface area contributed by atoms with E-state index in [1.165, 1.54) is 0 Å². The summed E-state index contributed by atoms with van der Waals surface area (Å²) in [5.41, 5.74) is 1.60. The van der Waals surface area contributed by atoms with Gasteiger partial charge in [0.1, 0.15) is 0 Å². The molecule has 0 saturated heterocycles. The highest BCUT2D eigenvalue weighted by Crippen LogP contribution is 2.35. The Kier molecular flexibility index (Phi) is 3.95. The molecule has 0 spiro atoms. The molecule has 0 radical (unpaired) electrons. The molecule has 1 heterocycles. The Hall–Kier alpha value is -0.0300. The first-order valence-electron chi connectivity index (χ1n) is 4.35. The van der Waals surface area contributed by atoms with Crippen LogP contribution in [-0.4, -0.2) is 4.98 Å². The number of hydrogen-bond donors (Lipinski definition) is 0. The van der Waals surface area contributed by atoms with Gasteiger partial charge in [-0.05, 0) is 46.9 Å². The fourth-order valence-electron chi connectivity index (χ4n) is 1.29. The van der Waals surface area contributed by atoms with Crippen molar-refractivity contribution in [2.75, 3.05) is 0 Å². The molecule has 16 heavy (non-hydrogen) atoms. The molecule has 0 unspecified atom stereocenters. The molecular weight excluding hydrogens is 379 g/mol. The van der Waals surface area contributed by atoms with Crippen molar-refractivity contribution in [2.45, 2.75) is 0 Å². The van der Waals surface area contributed by atoms with Crippen LogP contribution in [-0.2, 0) is 0 Å². The summed E-state index contributed by atoms with van der Waals surface area (Å²) < 4.78 is 1.01. The summed E-state index contributed by atoms with van der Waals surface area (Å²) in [6.07, 6.45) is 1.72. The second-order valence-electron chi connectivity index (χ2n) is 3.08. The van der Waals surface area contributed by atoms with Crippen LogP contribution >= 0.6 is 57.4 Å². The van der Waals surface area contributed by atoms with E-state index >= 15 is 0 Å². The Labute approximate surface area is 122 Å². The van der Waals surface area contributed by atoms with Crippen LogP contribution in [0.1, 0.15) is 0 Å². The molecule has 0 aliphatic heterocycles. The maximum atomic E-state index is 6.12. The molecule has 0 aliphatic carbocycles. The number of benzene rings is 1. The lowest BCUT2D eigenvalue weighted by atomic mass is 10.1. The Morgan fingerprint density at radius 2 is 1.69 bits per heavy atom. The summed E-state index contributed by atoms with van der Waals surface area (Å²) >= 11 is 20.2. The smallest absolute Gasteiger partial charge is 0.0850 e. The van der Waals surface area contributed by atoms with Crippen molar-refractivity contribution in [2.24, 2.45) is 0 Å². The Balaban J connectivity index is 2.65. The van der Waals surface area contributed by atoms with E-state index in [4.69, 9.17) is 34.8 Å². The van der Waals surface area contributed by atoms with Gasteiger partial charge in [-0.25, -0.2) is 0 Å². The molecule has 0 bridgehead atoms. The van der Waals surface area contributed by atoms with Crippen LogP contribution in [0, 0.1) is 3.57 Å². The van der Waals surface area contributed by atoms with Gasteiger partial charge in [0, 0.05) is 15.3 Å². The molecule has 0 aliphatic rings. The quantitative estimate of drug-likeness (QED) is 0.479. The molecule has 0 N–H and O–H groups in total. The minimum absolute atomic E-state index is 0.446. The summed E-state index contributed by atoms with van der Waals surface area (Å²) in [6, 6.07) is 7.20. The molecule has 0 saturated carbocycles. The summed E-state index contributed by atoms with van der Waals surface area (Å²) in [5, 5.41) is 1.47. The number of rotatable bonds is 1. The van der Waals surface area contributed by atoms with E-state index in [0.29, 0.717) is 15.1 Å². The van der Waals surface area contributed by atoms with E-state index in [1.54, 1.807) is 18.3 Å². The van der Waals surface area contributed by atoms with Crippen molar-refractivity contribution < 1.29 is 0 Å². The van der Waals surface area contributed by atoms with Crippen LogP contribution < -0.4 is 0 Å². The van der Waals surface area contributed by atoms with E-state index in [9.17, 15) is 0 Å². The monoisotopic (exact) mass is 383 g/mol. The van der Waals surface area contributed by atoms with Crippen LogP contribution in [0.15, 0.2) is 30.5 Å². The average Bonchev–Trinajstić information content (AvgIpc) is 2.25. The van der Waals surface area contributed by atoms with Gasteiger partial charge >= 0.3 is 0 Å². The van der Waals surface area contributed by atoms with E-state index in [2.05, 4.69) is 27.6 Å². The van der Waals surface area contributed by atoms with Crippen molar-refractivity contribution in [3.63, 3.8) is 0 Å². The lowest BCUT2D eigenvalue weighted by Gasteiger charge is -2.07. The zero-order valence-electron chi connectivity index (χ0n) is 7.85. The zero-order valence-corrected chi connectivity index (χ0v) is 12.3. The van der Waals surface area contributed by atoms with E-state index in [1.807, 2.05) is 12.1 Å². The maximum Gasteiger partial charge on any atom is 0.0850 e. The minimum atomic E-state index is 0.446. The maximum absolute atomic E-state index is 6.12. The molecule has 82 valence electrons. The first-order valence-corrected chi connectivity index (χ1v) is 6.56. The molecule has 0 amide bonds. The Bertz CT molecular complexity index is 543. The predicted molar refractivity (Wildman–Crippen MR) is 77.4 cm³/mol. The van der Waals surface area contributed by atoms with E-state index in [-0.39, 0.29) is 0 Å². The Morgan fingerprint density at radius 1 is 1.00 bits per heavy atom. The van der Waals surface area contributed by atoms with Crippen molar-refractivity contribution >= 4 is 57.4 Å². The second-order valence-corrected chi connectivity index (χ2v) is 5.46. The van der Waals surface area contributed by atoms with Gasteiger partial charge in [-0.15, -0.1) is 0 Å². The lowest BCUT2D eigenvalue weighted by molar-refractivity contribution is 1.31. The molecule has 1 aromatic carbocycles. The van der Waals surface area contributed by atoms with Crippen molar-refractivity contribution in [3.8, 4) is 11.3 Å². The molecule has 0 atom stereocenters. The summed E-state index contributed by atoms with van der Waals surface area (Å²) in [5.74, 6) is 0. The zero-order chi connectivity index (χ0) is 11.7. The number of pyridine rings is 1. The van der Waals surface area contributed by atoms with Gasteiger partial charge in [-0.1, -0.05) is 34.8 Å². The van der Waals surface area contributed by atoms with Crippen LogP contribution in [0.25, 0.3) is 11.3 Å². The summed E-state index contributed by atoms with van der Waals surface area (Å²) in [7, 11) is 0. The molecule has 5 heteroatoms. The molecule has 1 nitrogen and oxygen atoms in total. The van der Waals surface area contributed by atoms with E-state index in [0.717, 1.165) is 14.8 Å². The largest absolute Gasteiger partial charge is 0.255 e. The number of aromatic nitrogens is 1. The van der Waals surface area contributed by atoms with Gasteiger partial charge < -0.3 is 0 Å². The van der Waals surface area contributed by atoms with Gasteiger partial charge in [0.15, 0.2) is 0 Å². The number of halogens is 4. The molecule has 2 rings (SSSR count). The van der Waals surface area contributed by atoms with Gasteiger partial charge in [0.25, 0.3) is 0 Å². The molecule has 1 aromatic heterocycles. The normalized spacial score (nSPS) is 10.5. The van der Waals surface area contributed by atoms with Gasteiger partial charge in [0.2, 0.25) is 0 Å². The first-order chi connectivity index (χ1) is 7.59. The molecule has 2 aromatic rings. The lowest BCUT2D eigenvalue weighted by Crippen LogP contribution is -1.88. The third-order valence-corrected chi connectivity index (χ3v) is 3.93. The van der Waals surface area contributed by atoms with Crippen molar-refractivity contribution in [1.82, 2.24) is 4.98 Å². The summed E-state index contributed by atoms with van der Waals surface area (Å²) in [6.45, 7) is 0. The number of hydrogen-bond acceptors (Lipinski definition) is 1. The second kappa shape index (κ2) is 5.08. The topological polar surface area (TPSA) is 12.9 Å². The van der Waals surface area contributed by atoms with Crippen LogP contribution in [0.3, 0.4) is 0 Å². The molecule has 0 fully saturated rings. The standard InChI is InChI=1S/C11H5Cl3IN/c12-7-5-9(14)8(13)4-6(7)11-10(15)2-1-3-16-11/h1-5H. The fraction of sp³-hybridized carbons (Fsp3) is 0. The van der Waals surface area contributed by atoms with Gasteiger partial charge in [0.05, 0.1) is 20.8 Å². The van der Waals surface area contributed by atoms with Crippen LogP contribution in [0.2, 0.25) is 15.1 Å². The van der Waals surface area contributed by atoms with E-state index < -0.39 is 0 Å². The Morgan fingerprint density at radius 3 is 2.38 bits per heavy atom. The third kappa shape index (κ3) is 2.45. The highest BCUT2D eigenvalue weighted by atomic mass is 127. The van der Waals surface area contributed by atoms with Crippen molar-refractivity contribution in [3.05, 3.63) is 49.1 Å². The van der Waals surface area contributed by atoms with Gasteiger partial charge in [-0.3, -0.25) is 4.98 Å². The molecular formula is C11H5Cl3IN. The fourth-order valence-corrected chi connectivity index (χ4v) is 2.56. The highest BCUT2D eigenvalue weighted by Gasteiger charge is 2.11. The summed E-state index contributed by atoms with van der Waals surface area (Å²) in [4.78, 5) is 4.29. The van der Waals surface area contributed by atoms with Crippen LogP contribution in [0.4, 0.5) is 0 Å². The SMILES string of the molecule is Clc1cc(Cl)c(-c2ncccc2I)cc1Cl. The average molecular weight is 384 g/mol. The van der Waals surface area contributed by atoms with Crippen molar-refractivity contribution in [1.29, 1.82) is 0 Å². The van der Waals surface area contributed by atoms with Crippen LogP contribution in [0.5, 0.6) is 0 Å². The minimum Gasteiger partial charge on any atom is -0.255 e. The van der Waals surface area contributed by atoms with Gasteiger partial charge in [-0.2, -0.15) is 0 Å². The first kappa shape index (κ1) is 12.4. The number of nitrogens with zero attached hydrogens (tertiary/aromatic N) is 1. The third-order valence-electron chi connectivity index (χ3n) is 2.02. The highest BCUT2D eigenvalue weighted by molar-refractivity contribution is 14.1. The predicted octanol–water partition coefficient (Wildman–Crippen LogP) is 5.31.